The number of Topliss-reactive ketones (excluding diaryl/α,β-unsaturated/α-hetero) is 1. The second kappa shape index (κ2) is 6.48. The Kier molecular flexibility index (Phi) is 4.69. The highest BCUT2D eigenvalue weighted by molar-refractivity contribution is 6.36. The summed E-state index contributed by atoms with van der Waals surface area (Å²) in [7, 11) is 0. The minimum absolute atomic E-state index is 0.0730. The van der Waals surface area contributed by atoms with Crippen molar-refractivity contribution < 1.29 is 14.3 Å². The zero-order chi connectivity index (χ0) is 14.5. The van der Waals surface area contributed by atoms with Gasteiger partial charge in [0.1, 0.15) is 0 Å². The average Bonchev–Trinajstić information content (AvgIpc) is 2.46. The smallest absolute Gasteiger partial charge is 0.306 e. The third-order valence-corrected chi connectivity index (χ3v) is 3.21. The van der Waals surface area contributed by atoms with Crippen molar-refractivity contribution in [3.8, 4) is 0 Å². The van der Waals surface area contributed by atoms with Gasteiger partial charge in [-0.05, 0) is 31.2 Å². The molecule has 2 aromatic rings. The van der Waals surface area contributed by atoms with E-state index in [9.17, 15) is 9.59 Å². The van der Waals surface area contributed by atoms with Crippen LogP contribution in [0.3, 0.4) is 0 Å². The molecule has 1 heterocycles. The lowest BCUT2D eigenvalue weighted by Gasteiger charge is -2.06. The van der Waals surface area contributed by atoms with Crippen LogP contribution in [0.4, 0.5) is 0 Å². The van der Waals surface area contributed by atoms with E-state index in [1.165, 1.54) is 0 Å². The van der Waals surface area contributed by atoms with Crippen LogP contribution in [0.2, 0.25) is 5.02 Å². The minimum atomic E-state index is -0.368. The van der Waals surface area contributed by atoms with Gasteiger partial charge in [0.2, 0.25) is 0 Å². The zero-order valence-electron chi connectivity index (χ0n) is 11.1. The standard InChI is InChI=1S/C15H14ClNO3/c1-2-20-14(19)8-7-13(18)11-5-6-12(16)10-4-3-9-17-15(10)11/h3-6,9H,2,7-8H2,1H3. The number of halogens is 1. The number of hydrogen-bond donors (Lipinski definition) is 0. The summed E-state index contributed by atoms with van der Waals surface area (Å²) in [4.78, 5) is 27.7. The van der Waals surface area contributed by atoms with E-state index in [1.807, 2.05) is 6.07 Å². The second-order valence-electron chi connectivity index (χ2n) is 4.22. The Morgan fingerprint density at radius 1 is 1.25 bits per heavy atom. The summed E-state index contributed by atoms with van der Waals surface area (Å²) in [6, 6.07) is 6.89. The van der Waals surface area contributed by atoms with E-state index in [4.69, 9.17) is 16.3 Å². The van der Waals surface area contributed by atoms with Crippen molar-refractivity contribution in [1.82, 2.24) is 4.98 Å². The molecule has 0 N–H and O–H groups in total. The van der Waals surface area contributed by atoms with Crippen LogP contribution in [-0.4, -0.2) is 23.3 Å². The molecule has 1 aromatic heterocycles. The lowest BCUT2D eigenvalue weighted by Crippen LogP contribution is -2.08. The topological polar surface area (TPSA) is 56.3 Å². The van der Waals surface area contributed by atoms with Gasteiger partial charge in [0.25, 0.3) is 0 Å². The maximum atomic E-state index is 12.2. The first-order valence-electron chi connectivity index (χ1n) is 6.35. The fourth-order valence-corrected chi connectivity index (χ4v) is 2.16. The maximum Gasteiger partial charge on any atom is 0.306 e. The molecular formula is C15H14ClNO3. The summed E-state index contributed by atoms with van der Waals surface area (Å²) >= 11 is 6.08. The SMILES string of the molecule is CCOC(=O)CCC(=O)c1ccc(Cl)c2cccnc12. The predicted molar refractivity (Wildman–Crippen MR) is 77.0 cm³/mol. The fraction of sp³-hybridized carbons (Fsp3) is 0.267. The van der Waals surface area contributed by atoms with Crippen molar-refractivity contribution in [3.63, 3.8) is 0 Å². The monoisotopic (exact) mass is 291 g/mol. The van der Waals surface area contributed by atoms with E-state index in [1.54, 1.807) is 31.3 Å². The molecule has 20 heavy (non-hydrogen) atoms. The van der Waals surface area contributed by atoms with Gasteiger partial charge in [-0.3, -0.25) is 14.6 Å². The van der Waals surface area contributed by atoms with Gasteiger partial charge in [0, 0.05) is 23.6 Å². The number of fused-ring (bicyclic) bond motifs is 1. The molecule has 0 saturated carbocycles. The summed E-state index contributed by atoms with van der Waals surface area (Å²) in [6.45, 7) is 2.05. The van der Waals surface area contributed by atoms with Crippen molar-refractivity contribution in [1.29, 1.82) is 0 Å². The Balaban J connectivity index is 2.23. The molecule has 0 saturated heterocycles. The molecule has 0 radical (unpaired) electrons. The van der Waals surface area contributed by atoms with E-state index in [2.05, 4.69) is 4.98 Å². The van der Waals surface area contributed by atoms with Crippen molar-refractivity contribution in [3.05, 3.63) is 41.0 Å². The molecular weight excluding hydrogens is 278 g/mol. The lowest BCUT2D eigenvalue weighted by molar-refractivity contribution is -0.143. The number of hydrogen-bond acceptors (Lipinski definition) is 4. The average molecular weight is 292 g/mol. The van der Waals surface area contributed by atoms with Crippen molar-refractivity contribution in [2.45, 2.75) is 19.8 Å². The Labute approximate surface area is 121 Å². The number of benzene rings is 1. The Hall–Kier alpha value is -1.94. The number of carbonyl (C=O) groups excluding carboxylic acids is 2. The van der Waals surface area contributed by atoms with Gasteiger partial charge in [-0.25, -0.2) is 0 Å². The quantitative estimate of drug-likeness (QED) is 0.626. The van der Waals surface area contributed by atoms with Gasteiger partial charge < -0.3 is 4.74 Å². The highest BCUT2D eigenvalue weighted by Gasteiger charge is 2.14. The molecule has 0 aliphatic rings. The van der Waals surface area contributed by atoms with E-state index in [0.29, 0.717) is 22.7 Å². The van der Waals surface area contributed by atoms with E-state index < -0.39 is 0 Å². The maximum absolute atomic E-state index is 12.2. The Morgan fingerprint density at radius 2 is 2.05 bits per heavy atom. The van der Waals surface area contributed by atoms with Crippen LogP contribution in [0.5, 0.6) is 0 Å². The van der Waals surface area contributed by atoms with Crippen LogP contribution < -0.4 is 0 Å². The van der Waals surface area contributed by atoms with Crippen molar-refractivity contribution >= 4 is 34.3 Å². The van der Waals surface area contributed by atoms with Crippen LogP contribution in [0.25, 0.3) is 10.9 Å². The molecule has 0 spiro atoms. The summed E-state index contributed by atoms with van der Waals surface area (Å²) in [5.41, 5.74) is 1.04. The molecule has 0 amide bonds. The van der Waals surface area contributed by atoms with Crippen LogP contribution in [0.15, 0.2) is 30.5 Å². The molecule has 0 aliphatic heterocycles. The number of aromatic nitrogens is 1. The number of pyridine rings is 1. The number of carbonyl (C=O) groups is 2. The third kappa shape index (κ3) is 3.14. The fourth-order valence-electron chi connectivity index (χ4n) is 1.95. The number of nitrogens with zero attached hydrogens (tertiary/aromatic N) is 1. The molecule has 0 aliphatic carbocycles. The molecule has 0 bridgehead atoms. The number of ketones is 1. The number of rotatable bonds is 5. The molecule has 104 valence electrons. The normalized spacial score (nSPS) is 10.5. The lowest BCUT2D eigenvalue weighted by atomic mass is 10.0. The first kappa shape index (κ1) is 14.5. The van der Waals surface area contributed by atoms with E-state index >= 15 is 0 Å². The molecule has 4 nitrogen and oxygen atoms in total. The highest BCUT2D eigenvalue weighted by Crippen LogP contribution is 2.25. The van der Waals surface area contributed by atoms with Gasteiger partial charge in [0.05, 0.1) is 23.6 Å². The zero-order valence-corrected chi connectivity index (χ0v) is 11.8. The van der Waals surface area contributed by atoms with E-state index in [-0.39, 0.29) is 24.6 Å². The molecule has 0 atom stereocenters. The summed E-state index contributed by atoms with van der Waals surface area (Å²) < 4.78 is 4.81. The highest BCUT2D eigenvalue weighted by atomic mass is 35.5. The molecule has 0 unspecified atom stereocenters. The molecule has 1 aromatic carbocycles. The summed E-state index contributed by atoms with van der Waals surface area (Å²) in [6.07, 6.45) is 1.79. The van der Waals surface area contributed by atoms with Crippen LogP contribution in [0.1, 0.15) is 30.1 Å². The van der Waals surface area contributed by atoms with Crippen LogP contribution in [0, 0.1) is 0 Å². The Bertz CT molecular complexity index is 655. The number of esters is 1. The molecule has 0 fully saturated rings. The first-order chi connectivity index (χ1) is 9.63. The molecule has 2 rings (SSSR count). The largest absolute Gasteiger partial charge is 0.466 e. The van der Waals surface area contributed by atoms with Gasteiger partial charge in [-0.1, -0.05) is 11.6 Å². The minimum Gasteiger partial charge on any atom is -0.466 e. The first-order valence-corrected chi connectivity index (χ1v) is 6.73. The van der Waals surface area contributed by atoms with Gasteiger partial charge in [0.15, 0.2) is 5.78 Å². The van der Waals surface area contributed by atoms with Gasteiger partial charge in [-0.15, -0.1) is 0 Å². The van der Waals surface area contributed by atoms with Gasteiger partial charge in [-0.2, -0.15) is 0 Å². The van der Waals surface area contributed by atoms with Crippen LogP contribution in [-0.2, 0) is 9.53 Å². The van der Waals surface area contributed by atoms with Gasteiger partial charge >= 0.3 is 5.97 Å². The Morgan fingerprint density at radius 3 is 2.80 bits per heavy atom. The summed E-state index contributed by atoms with van der Waals surface area (Å²) in [5, 5.41) is 1.28. The van der Waals surface area contributed by atoms with Crippen molar-refractivity contribution in [2.24, 2.45) is 0 Å². The second-order valence-corrected chi connectivity index (χ2v) is 4.63. The number of ether oxygens (including phenoxy) is 1. The van der Waals surface area contributed by atoms with Crippen LogP contribution >= 0.6 is 11.6 Å². The molecule has 5 heteroatoms. The predicted octanol–water partition coefficient (Wildman–Crippen LogP) is 3.41. The summed E-state index contributed by atoms with van der Waals surface area (Å²) in [5.74, 6) is -0.509. The third-order valence-electron chi connectivity index (χ3n) is 2.88. The van der Waals surface area contributed by atoms with Crippen molar-refractivity contribution in [2.75, 3.05) is 6.61 Å². The van der Waals surface area contributed by atoms with E-state index in [0.717, 1.165) is 5.39 Å².